The van der Waals surface area contributed by atoms with Gasteiger partial charge in [-0.3, -0.25) is 4.79 Å². The highest BCUT2D eigenvalue weighted by Gasteiger charge is 2.05. The lowest BCUT2D eigenvalue weighted by molar-refractivity contribution is -0.123. The standard InChI is InChI=1S/C21H26N2O3/c1-4-5-13-25-19-11-9-18(10-12-19)14-22-23-21(24)15-26-20-8-6-7-16(2)17(20)3/h6-12,14H,4-5,13,15H2,1-3H3,(H,23,24)/b22-14+. The average Bonchev–Trinajstić information content (AvgIpc) is 2.64. The molecule has 2 rings (SSSR count). The molecule has 0 aliphatic heterocycles. The second-order valence-corrected chi connectivity index (χ2v) is 6.05. The maximum atomic E-state index is 11.8. The SMILES string of the molecule is CCCCOc1ccc(/C=N/NC(=O)COc2cccc(C)c2C)cc1. The van der Waals surface area contributed by atoms with Gasteiger partial charge in [0.25, 0.3) is 5.91 Å². The summed E-state index contributed by atoms with van der Waals surface area (Å²) in [7, 11) is 0. The number of hydrazone groups is 1. The van der Waals surface area contributed by atoms with Gasteiger partial charge in [0.05, 0.1) is 12.8 Å². The number of hydrogen-bond donors (Lipinski definition) is 1. The minimum absolute atomic E-state index is 0.0775. The predicted octanol–water partition coefficient (Wildman–Crippen LogP) is 4.01. The van der Waals surface area contributed by atoms with Crippen LogP contribution < -0.4 is 14.9 Å². The van der Waals surface area contributed by atoms with Crippen LogP contribution in [0, 0.1) is 13.8 Å². The van der Waals surface area contributed by atoms with Crippen LogP contribution in [0.3, 0.4) is 0 Å². The molecule has 2 aromatic carbocycles. The second-order valence-electron chi connectivity index (χ2n) is 6.05. The second kappa shape index (κ2) is 10.2. The molecule has 1 N–H and O–H groups in total. The zero-order chi connectivity index (χ0) is 18.8. The Morgan fingerprint density at radius 1 is 1.12 bits per heavy atom. The molecule has 1 amide bonds. The van der Waals surface area contributed by atoms with Crippen LogP contribution in [0.4, 0.5) is 0 Å². The number of benzene rings is 2. The van der Waals surface area contributed by atoms with E-state index in [9.17, 15) is 4.79 Å². The molecule has 138 valence electrons. The lowest BCUT2D eigenvalue weighted by Gasteiger charge is -2.09. The minimum Gasteiger partial charge on any atom is -0.494 e. The Morgan fingerprint density at radius 3 is 2.62 bits per heavy atom. The number of ether oxygens (including phenoxy) is 2. The van der Waals surface area contributed by atoms with Crippen molar-refractivity contribution in [2.75, 3.05) is 13.2 Å². The molecule has 0 unspecified atom stereocenters. The molecular formula is C21H26N2O3. The Balaban J connectivity index is 1.76. The summed E-state index contributed by atoms with van der Waals surface area (Å²) in [5.74, 6) is 1.24. The molecule has 0 saturated heterocycles. The largest absolute Gasteiger partial charge is 0.494 e. The average molecular weight is 354 g/mol. The van der Waals surface area contributed by atoms with E-state index in [-0.39, 0.29) is 12.5 Å². The molecule has 0 aliphatic rings. The van der Waals surface area contributed by atoms with E-state index < -0.39 is 0 Å². The molecular weight excluding hydrogens is 328 g/mol. The maximum absolute atomic E-state index is 11.8. The fourth-order valence-electron chi connectivity index (χ4n) is 2.22. The molecule has 0 spiro atoms. The Labute approximate surface area is 155 Å². The highest BCUT2D eigenvalue weighted by atomic mass is 16.5. The van der Waals surface area contributed by atoms with Gasteiger partial charge in [-0.15, -0.1) is 0 Å². The van der Waals surface area contributed by atoms with Crippen LogP contribution in [-0.4, -0.2) is 25.3 Å². The van der Waals surface area contributed by atoms with Crippen LogP contribution in [0.2, 0.25) is 0 Å². The van der Waals surface area contributed by atoms with Gasteiger partial charge in [-0.1, -0.05) is 25.5 Å². The first-order valence-corrected chi connectivity index (χ1v) is 8.84. The summed E-state index contributed by atoms with van der Waals surface area (Å²) in [6.07, 6.45) is 3.74. The highest BCUT2D eigenvalue weighted by molar-refractivity contribution is 5.83. The molecule has 5 heteroatoms. The Kier molecular flexibility index (Phi) is 7.68. The monoisotopic (exact) mass is 354 g/mol. The summed E-state index contributed by atoms with van der Waals surface area (Å²) < 4.78 is 11.1. The van der Waals surface area contributed by atoms with Crippen molar-refractivity contribution in [1.82, 2.24) is 5.43 Å². The van der Waals surface area contributed by atoms with Crippen molar-refractivity contribution in [1.29, 1.82) is 0 Å². The number of aryl methyl sites for hydroxylation is 1. The van der Waals surface area contributed by atoms with Crippen molar-refractivity contribution in [3.05, 3.63) is 59.2 Å². The van der Waals surface area contributed by atoms with Gasteiger partial charge in [-0.2, -0.15) is 5.10 Å². The summed E-state index contributed by atoms with van der Waals surface area (Å²) in [5.41, 5.74) is 5.50. The molecule has 0 fully saturated rings. The Morgan fingerprint density at radius 2 is 1.88 bits per heavy atom. The van der Waals surface area contributed by atoms with Crippen LogP contribution in [0.5, 0.6) is 11.5 Å². The van der Waals surface area contributed by atoms with Gasteiger partial charge < -0.3 is 9.47 Å². The van der Waals surface area contributed by atoms with E-state index in [4.69, 9.17) is 9.47 Å². The van der Waals surface area contributed by atoms with E-state index in [1.54, 1.807) is 6.21 Å². The van der Waals surface area contributed by atoms with Gasteiger partial charge in [0.15, 0.2) is 6.61 Å². The van der Waals surface area contributed by atoms with Crippen LogP contribution in [-0.2, 0) is 4.79 Å². The van der Waals surface area contributed by atoms with Crippen molar-refractivity contribution < 1.29 is 14.3 Å². The van der Waals surface area contributed by atoms with Gasteiger partial charge in [0.1, 0.15) is 11.5 Å². The number of amides is 1. The Bertz CT molecular complexity index is 739. The van der Waals surface area contributed by atoms with Crippen LogP contribution in [0.1, 0.15) is 36.5 Å². The summed E-state index contributed by atoms with van der Waals surface area (Å²) >= 11 is 0. The minimum atomic E-state index is -0.304. The summed E-state index contributed by atoms with van der Waals surface area (Å²) in [4.78, 5) is 11.8. The first-order valence-electron chi connectivity index (χ1n) is 8.84. The third-order valence-corrected chi connectivity index (χ3v) is 3.96. The maximum Gasteiger partial charge on any atom is 0.277 e. The lowest BCUT2D eigenvalue weighted by atomic mass is 10.1. The van der Waals surface area contributed by atoms with E-state index in [2.05, 4.69) is 17.5 Å². The fourth-order valence-corrected chi connectivity index (χ4v) is 2.22. The number of hydrogen-bond acceptors (Lipinski definition) is 4. The zero-order valence-electron chi connectivity index (χ0n) is 15.6. The van der Waals surface area contributed by atoms with Gasteiger partial charge >= 0.3 is 0 Å². The summed E-state index contributed by atoms with van der Waals surface area (Å²) in [6.45, 7) is 6.75. The number of unbranched alkanes of at least 4 members (excludes halogenated alkanes) is 1. The smallest absolute Gasteiger partial charge is 0.277 e. The van der Waals surface area contributed by atoms with Gasteiger partial charge in [-0.05, 0) is 67.3 Å². The molecule has 2 aromatic rings. The van der Waals surface area contributed by atoms with Crippen molar-refractivity contribution in [3.8, 4) is 11.5 Å². The first-order chi connectivity index (χ1) is 12.6. The highest BCUT2D eigenvalue weighted by Crippen LogP contribution is 2.20. The number of carbonyl (C=O) groups is 1. The van der Waals surface area contributed by atoms with E-state index in [0.717, 1.165) is 41.9 Å². The molecule has 0 radical (unpaired) electrons. The number of nitrogens with one attached hydrogen (secondary N) is 1. The van der Waals surface area contributed by atoms with Gasteiger partial charge in [0.2, 0.25) is 0 Å². The normalized spacial score (nSPS) is 10.7. The van der Waals surface area contributed by atoms with Gasteiger partial charge in [-0.25, -0.2) is 5.43 Å². The number of nitrogens with zero attached hydrogens (tertiary/aromatic N) is 1. The third-order valence-electron chi connectivity index (χ3n) is 3.96. The van der Waals surface area contributed by atoms with Crippen molar-refractivity contribution in [3.63, 3.8) is 0 Å². The third kappa shape index (κ3) is 6.24. The molecule has 5 nitrogen and oxygen atoms in total. The van der Waals surface area contributed by atoms with E-state index in [1.807, 2.05) is 56.3 Å². The molecule has 0 aromatic heterocycles. The van der Waals surface area contributed by atoms with Crippen LogP contribution in [0.25, 0.3) is 0 Å². The first kappa shape index (κ1) is 19.5. The van der Waals surface area contributed by atoms with E-state index in [1.165, 1.54) is 0 Å². The number of rotatable bonds is 9. The van der Waals surface area contributed by atoms with Crippen molar-refractivity contribution >= 4 is 12.1 Å². The molecule has 0 aliphatic carbocycles. The van der Waals surface area contributed by atoms with Crippen LogP contribution >= 0.6 is 0 Å². The molecule has 0 bridgehead atoms. The molecule has 0 saturated carbocycles. The Hall–Kier alpha value is -2.82. The summed E-state index contributed by atoms with van der Waals surface area (Å²) in [5, 5.41) is 3.95. The van der Waals surface area contributed by atoms with E-state index >= 15 is 0 Å². The quantitative estimate of drug-likeness (QED) is 0.420. The number of carbonyl (C=O) groups excluding carboxylic acids is 1. The van der Waals surface area contributed by atoms with Crippen LogP contribution in [0.15, 0.2) is 47.6 Å². The molecule has 26 heavy (non-hydrogen) atoms. The topological polar surface area (TPSA) is 59.9 Å². The molecule has 0 atom stereocenters. The van der Waals surface area contributed by atoms with Gasteiger partial charge in [0, 0.05) is 0 Å². The predicted molar refractivity (Wildman–Crippen MR) is 104 cm³/mol. The van der Waals surface area contributed by atoms with Crippen molar-refractivity contribution in [2.24, 2.45) is 5.10 Å². The zero-order valence-corrected chi connectivity index (χ0v) is 15.6. The van der Waals surface area contributed by atoms with Crippen molar-refractivity contribution in [2.45, 2.75) is 33.6 Å². The van der Waals surface area contributed by atoms with E-state index in [0.29, 0.717) is 5.75 Å². The molecule has 0 heterocycles. The summed E-state index contributed by atoms with van der Waals surface area (Å²) in [6, 6.07) is 13.3. The lowest BCUT2D eigenvalue weighted by Crippen LogP contribution is -2.24. The fraction of sp³-hybridized carbons (Fsp3) is 0.333.